The van der Waals surface area contributed by atoms with Gasteiger partial charge in [-0.15, -0.1) is 0 Å². The molecule has 3 aromatic carbocycles. The van der Waals surface area contributed by atoms with Crippen LogP contribution >= 0.6 is 0 Å². The molecule has 7 nitrogen and oxygen atoms in total. The summed E-state index contributed by atoms with van der Waals surface area (Å²) in [4.78, 5) is 19.9. The maximum absolute atomic E-state index is 13.8. The fourth-order valence-corrected chi connectivity index (χ4v) is 4.94. The molecule has 4 aromatic rings. The van der Waals surface area contributed by atoms with Crippen LogP contribution in [0.1, 0.15) is 16.7 Å². The number of amides is 1. The molecule has 2 heterocycles. The number of nitrogens with zero attached hydrogens (tertiary/aromatic N) is 5. The van der Waals surface area contributed by atoms with Gasteiger partial charge in [0.15, 0.2) is 0 Å². The van der Waals surface area contributed by atoms with Crippen molar-refractivity contribution < 1.29 is 9.53 Å². The van der Waals surface area contributed by atoms with Crippen molar-refractivity contribution in [1.29, 1.82) is 5.26 Å². The number of carbonyl (C=O) groups excluding carboxylic acids is 1. The van der Waals surface area contributed by atoms with E-state index in [4.69, 9.17) is 10.00 Å². The average molecular weight is 505 g/mol. The third-order valence-corrected chi connectivity index (χ3v) is 6.99. The molecule has 0 bridgehead atoms. The van der Waals surface area contributed by atoms with E-state index in [0.29, 0.717) is 30.8 Å². The molecule has 38 heavy (non-hydrogen) atoms. The number of nitriles is 1. The van der Waals surface area contributed by atoms with Gasteiger partial charge in [-0.25, -0.2) is 9.47 Å². The number of imidazole rings is 1. The monoisotopic (exact) mass is 504 g/mol. The lowest BCUT2D eigenvalue weighted by Gasteiger charge is -2.23. The Hall–Kier alpha value is -4.51. The van der Waals surface area contributed by atoms with E-state index >= 15 is 0 Å². The third kappa shape index (κ3) is 4.75. The van der Waals surface area contributed by atoms with E-state index in [1.165, 1.54) is 0 Å². The van der Waals surface area contributed by atoms with Crippen LogP contribution < -0.4 is 4.48 Å². The van der Waals surface area contributed by atoms with Crippen LogP contribution in [0.5, 0.6) is 0 Å². The zero-order valence-corrected chi connectivity index (χ0v) is 21.8. The first-order valence-electron chi connectivity index (χ1n) is 12.5. The Morgan fingerprint density at radius 2 is 1.84 bits per heavy atom. The Morgan fingerprint density at radius 3 is 2.61 bits per heavy atom. The van der Waals surface area contributed by atoms with E-state index in [-0.39, 0.29) is 10.4 Å². The van der Waals surface area contributed by atoms with Gasteiger partial charge in [0.05, 0.1) is 43.7 Å². The Morgan fingerprint density at radius 1 is 1.08 bits per heavy atom. The van der Waals surface area contributed by atoms with E-state index in [1.807, 2.05) is 54.9 Å². The number of fused-ring (bicyclic) bond motifs is 1. The van der Waals surface area contributed by atoms with Crippen LogP contribution in [-0.4, -0.2) is 54.7 Å². The molecule has 1 unspecified atom stereocenters. The van der Waals surface area contributed by atoms with Crippen molar-refractivity contribution in [2.75, 3.05) is 34.4 Å². The first-order valence-corrected chi connectivity index (χ1v) is 12.5. The minimum atomic E-state index is -0.0544. The smallest absolute Gasteiger partial charge is 0.259 e. The van der Waals surface area contributed by atoms with Crippen molar-refractivity contribution in [2.24, 2.45) is 0 Å². The van der Waals surface area contributed by atoms with Gasteiger partial charge in [0.1, 0.15) is 24.2 Å². The highest BCUT2D eigenvalue weighted by atomic mass is 16.5. The van der Waals surface area contributed by atoms with Gasteiger partial charge in [0.25, 0.3) is 5.91 Å². The highest BCUT2D eigenvalue weighted by molar-refractivity contribution is 6.13. The molecule has 1 aliphatic heterocycles. The molecule has 1 amide bonds. The van der Waals surface area contributed by atoms with Gasteiger partial charge in [-0.2, -0.15) is 5.26 Å². The molecule has 0 saturated carbocycles. The first-order chi connectivity index (χ1) is 18.4. The second-order valence-corrected chi connectivity index (χ2v) is 9.67. The Labute approximate surface area is 222 Å². The highest BCUT2D eigenvalue weighted by Crippen LogP contribution is 2.40. The SMILES string of the molecule is COCCN(C)C(=O)C1=C[N+](C)(c2cncn2Cc2ccc(C#N)cc2)C=C1c1cccc2ccccc12. The van der Waals surface area contributed by atoms with Crippen LogP contribution in [0.15, 0.2) is 97.2 Å². The molecule has 0 radical (unpaired) electrons. The molecule has 7 heteroatoms. The number of methoxy groups -OCH3 is 1. The number of aromatic nitrogens is 2. The van der Waals surface area contributed by atoms with Gasteiger partial charge in [0.2, 0.25) is 5.82 Å². The summed E-state index contributed by atoms with van der Waals surface area (Å²) in [5.41, 5.74) is 4.25. The molecule has 1 atom stereocenters. The Bertz CT molecular complexity index is 1590. The van der Waals surface area contributed by atoms with E-state index < -0.39 is 0 Å². The van der Waals surface area contributed by atoms with Crippen LogP contribution in [0.2, 0.25) is 0 Å². The second kappa shape index (κ2) is 10.5. The van der Waals surface area contributed by atoms with Crippen molar-refractivity contribution in [3.63, 3.8) is 0 Å². The third-order valence-electron chi connectivity index (χ3n) is 6.99. The Kier molecular flexibility index (Phi) is 6.93. The molecule has 190 valence electrons. The van der Waals surface area contributed by atoms with E-state index in [0.717, 1.165) is 33.3 Å². The number of likely N-dealkylation sites (N-methyl/N-ethyl adjacent to an activating group) is 1. The highest BCUT2D eigenvalue weighted by Gasteiger charge is 2.38. The maximum Gasteiger partial charge on any atom is 0.259 e. The number of carbonyl (C=O) groups is 1. The quantitative estimate of drug-likeness (QED) is 0.319. The fourth-order valence-electron chi connectivity index (χ4n) is 4.94. The Balaban J connectivity index is 1.59. The van der Waals surface area contributed by atoms with Crippen molar-refractivity contribution >= 4 is 28.1 Å². The zero-order chi connectivity index (χ0) is 26.7. The van der Waals surface area contributed by atoms with Crippen molar-refractivity contribution in [2.45, 2.75) is 6.54 Å². The summed E-state index contributed by atoms with van der Waals surface area (Å²) < 4.78 is 7.59. The molecule has 0 fully saturated rings. The largest absolute Gasteiger partial charge is 0.383 e. The molecule has 0 spiro atoms. The molecule has 0 aliphatic carbocycles. The molecular formula is C31H30N5O2+. The topological polar surface area (TPSA) is 71.2 Å². The number of ether oxygens (including phenoxy) is 1. The summed E-state index contributed by atoms with van der Waals surface area (Å²) in [5, 5.41) is 11.3. The number of hydrogen-bond acceptors (Lipinski definition) is 4. The minimum Gasteiger partial charge on any atom is -0.383 e. The minimum absolute atomic E-state index is 0.0544. The van der Waals surface area contributed by atoms with Crippen LogP contribution in [0, 0.1) is 11.3 Å². The molecule has 5 rings (SSSR count). The summed E-state index contributed by atoms with van der Waals surface area (Å²) in [6, 6.07) is 24.2. The average Bonchev–Trinajstić information content (AvgIpc) is 3.56. The number of benzene rings is 3. The van der Waals surface area contributed by atoms with Gasteiger partial charge in [-0.1, -0.05) is 54.6 Å². The molecule has 1 aliphatic rings. The summed E-state index contributed by atoms with van der Waals surface area (Å²) in [6.45, 7) is 1.55. The zero-order valence-electron chi connectivity index (χ0n) is 21.8. The van der Waals surface area contributed by atoms with Crippen molar-refractivity contribution in [3.8, 4) is 6.07 Å². The van der Waals surface area contributed by atoms with Gasteiger partial charge in [-0.3, -0.25) is 9.36 Å². The summed E-state index contributed by atoms with van der Waals surface area (Å²) >= 11 is 0. The predicted molar refractivity (Wildman–Crippen MR) is 150 cm³/mol. The van der Waals surface area contributed by atoms with Crippen LogP contribution in [-0.2, 0) is 16.1 Å². The maximum atomic E-state index is 13.8. The van der Waals surface area contributed by atoms with E-state index in [9.17, 15) is 4.79 Å². The van der Waals surface area contributed by atoms with Crippen molar-refractivity contribution in [1.82, 2.24) is 18.9 Å². The molecule has 1 aromatic heterocycles. The molecule has 0 N–H and O–H groups in total. The lowest BCUT2D eigenvalue weighted by molar-refractivity contribution is -0.126. The number of hydrogen-bond donors (Lipinski definition) is 0. The lowest BCUT2D eigenvalue weighted by Crippen LogP contribution is -2.34. The number of quaternary nitrogens is 1. The fraction of sp³-hybridized carbons (Fsp3) is 0.194. The summed E-state index contributed by atoms with van der Waals surface area (Å²) in [5.74, 6) is 0.871. The lowest BCUT2D eigenvalue weighted by atomic mass is 9.94. The van der Waals surface area contributed by atoms with Crippen LogP contribution in [0.25, 0.3) is 16.3 Å². The number of rotatable bonds is 8. The van der Waals surface area contributed by atoms with Gasteiger partial charge < -0.3 is 9.64 Å². The van der Waals surface area contributed by atoms with Crippen LogP contribution in [0.4, 0.5) is 5.82 Å². The van der Waals surface area contributed by atoms with Gasteiger partial charge in [0, 0.05) is 20.7 Å². The molecule has 0 saturated heterocycles. The normalized spacial score (nSPS) is 16.7. The van der Waals surface area contributed by atoms with Gasteiger partial charge in [-0.05, 0) is 34.0 Å². The van der Waals surface area contributed by atoms with E-state index in [1.54, 1.807) is 25.4 Å². The second-order valence-electron chi connectivity index (χ2n) is 9.67. The standard InChI is InChI=1S/C31H30N5O2/c1-34(15-16-38-3)31(37)29-21-36(2,20-28(29)27-10-6-8-25-7-4-5-9-26(25)27)30-18-33-22-35(30)19-24-13-11-23(17-32)12-14-24/h4-14,18,20-22H,15-16,19H2,1-3H3/q+1. The van der Waals surface area contributed by atoms with Crippen molar-refractivity contribution in [3.05, 3.63) is 114 Å². The molecular weight excluding hydrogens is 474 g/mol. The first kappa shape index (κ1) is 25.2. The van der Waals surface area contributed by atoms with E-state index in [2.05, 4.69) is 53.1 Å². The van der Waals surface area contributed by atoms with Gasteiger partial charge >= 0.3 is 0 Å². The summed E-state index contributed by atoms with van der Waals surface area (Å²) in [6.07, 6.45) is 7.79. The van der Waals surface area contributed by atoms with Crippen LogP contribution in [0.3, 0.4) is 0 Å². The predicted octanol–water partition coefficient (Wildman–Crippen LogP) is 4.94. The summed E-state index contributed by atoms with van der Waals surface area (Å²) in [7, 11) is 5.51.